The van der Waals surface area contributed by atoms with Gasteiger partial charge >= 0.3 is 5.51 Å². The van der Waals surface area contributed by atoms with Crippen LogP contribution in [0.1, 0.15) is 48.0 Å². The number of anilines is 1. The van der Waals surface area contributed by atoms with Crippen molar-refractivity contribution < 1.29 is 22.8 Å². The Bertz CT molecular complexity index is 876. The van der Waals surface area contributed by atoms with Crippen molar-refractivity contribution in [2.75, 3.05) is 5.32 Å². The molecular formula is C22H22F3NO2S. The molecule has 0 saturated heterocycles. The Morgan fingerprint density at radius 2 is 1.72 bits per heavy atom. The third-order valence-electron chi connectivity index (χ3n) is 4.96. The van der Waals surface area contributed by atoms with E-state index in [4.69, 9.17) is 0 Å². The van der Waals surface area contributed by atoms with E-state index >= 15 is 0 Å². The number of hydrogen-bond acceptors (Lipinski definition) is 3. The molecule has 3 nitrogen and oxygen atoms in total. The largest absolute Gasteiger partial charge is 0.446 e. The van der Waals surface area contributed by atoms with Crippen LogP contribution in [0.4, 0.5) is 18.9 Å². The van der Waals surface area contributed by atoms with E-state index in [1.165, 1.54) is 18.2 Å². The smallest absolute Gasteiger partial charge is 0.325 e. The van der Waals surface area contributed by atoms with Gasteiger partial charge in [0, 0.05) is 22.8 Å². The van der Waals surface area contributed by atoms with Crippen LogP contribution in [-0.2, 0) is 11.2 Å². The number of carbonyl (C=O) groups excluding carboxylic acids is 2. The second kappa shape index (κ2) is 9.48. The number of alkyl halides is 3. The Morgan fingerprint density at radius 3 is 2.45 bits per heavy atom. The van der Waals surface area contributed by atoms with Crippen LogP contribution in [0.3, 0.4) is 0 Å². The lowest BCUT2D eigenvalue weighted by atomic mass is 9.88. The highest BCUT2D eigenvalue weighted by atomic mass is 32.2. The Balaban J connectivity index is 1.71. The summed E-state index contributed by atoms with van der Waals surface area (Å²) in [6, 6.07) is 12.6. The number of ketones is 1. The quantitative estimate of drug-likeness (QED) is 0.443. The zero-order valence-electron chi connectivity index (χ0n) is 15.8. The third kappa shape index (κ3) is 6.35. The molecule has 2 aromatic rings. The molecule has 154 valence electrons. The van der Waals surface area contributed by atoms with E-state index in [0.29, 0.717) is 16.8 Å². The first-order valence-corrected chi connectivity index (χ1v) is 10.4. The molecule has 1 N–H and O–H groups in total. The molecule has 0 spiro atoms. The number of amides is 1. The van der Waals surface area contributed by atoms with Crippen LogP contribution in [0.15, 0.2) is 53.4 Å². The molecule has 0 radical (unpaired) electrons. The first-order valence-electron chi connectivity index (χ1n) is 9.59. The molecule has 0 aromatic heterocycles. The predicted molar refractivity (Wildman–Crippen MR) is 108 cm³/mol. The average molecular weight is 421 g/mol. The van der Waals surface area contributed by atoms with Crippen molar-refractivity contribution in [3.05, 3.63) is 59.7 Å². The minimum atomic E-state index is -4.38. The maximum atomic E-state index is 12.8. The fourth-order valence-electron chi connectivity index (χ4n) is 3.57. The summed E-state index contributed by atoms with van der Waals surface area (Å²) in [5.41, 5.74) is -3.06. The monoisotopic (exact) mass is 421 g/mol. The van der Waals surface area contributed by atoms with E-state index in [1.807, 2.05) is 0 Å². The minimum absolute atomic E-state index is 0.0389. The SMILES string of the molecule is O=C(Cc1cccc(SC(F)(F)F)c1)c1ccccc1NC(=O)C1CCCCC1. The summed E-state index contributed by atoms with van der Waals surface area (Å²) in [5, 5.41) is 2.88. The van der Waals surface area contributed by atoms with Crippen molar-refractivity contribution in [3.8, 4) is 0 Å². The average Bonchev–Trinajstić information content (AvgIpc) is 2.68. The van der Waals surface area contributed by atoms with E-state index in [0.717, 1.165) is 32.1 Å². The molecule has 1 saturated carbocycles. The molecule has 29 heavy (non-hydrogen) atoms. The molecular weight excluding hydrogens is 399 g/mol. The minimum Gasteiger partial charge on any atom is -0.325 e. The summed E-state index contributed by atoms with van der Waals surface area (Å²) in [6.07, 6.45) is 4.88. The Hall–Kier alpha value is -2.28. The van der Waals surface area contributed by atoms with Crippen molar-refractivity contribution in [2.45, 2.75) is 48.9 Å². The van der Waals surface area contributed by atoms with E-state index in [9.17, 15) is 22.8 Å². The maximum absolute atomic E-state index is 12.8. The maximum Gasteiger partial charge on any atom is 0.446 e. The lowest BCUT2D eigenvalue weighted by Gasteiger charge is -2.21. The van der Waals surface area contributed by atoms with Crippen LogP contribution in [0.5, 0.6) is 0 Å². The van der Waals surface area contributed by atoms with Crippen LogP contribution in [0.2, 0.25) is 0 Å². The molecule has 1 fully saturated rings. The van der Waals surface area contributed by atoms with Gasteiger partial charge in [-0.05, 0) is 54.4 Å². The molecule has 2 aromatic carbocycles. The number of para-hydroxylation sites is 1. The van der Waals surface area contributed by atoms with Gasteiger partial charge in [-0.15, -0.1) is 0 Å². The number of nitrogens with one attached hydrogen (secondary N) is 1. The zero-order valence-corrected chi connectivity index (χ0v) is 16.6. The standard InChI is InChI=1S/C22H22F3NO2S/c23-22(24,25)29-17-10-6-7-15(13-17)14-20(27)18-11-4-5-12-19(18)26-21(28)16-8-2-1-3-9-16/h4-7,10-13,16H,1-3,8-9,14H2,(H,26,28). The lowest BCUT2D eigenvalue weighted by molar-refractivity contribution is -0.120. The number of carbonyl (C=O) groups is 2. The fourth-order valence-corrected chi connectivity index (χ4v) is 4.19. The molecule has 0 aliphatic heterocycles. The van der Waals surface area contributed by atoms with Gasteiger partial charge in [-0.25, -0.2) is 0 Å². The topological polar surface area (TPSA) is 46.2 Å². The van der Waals surface area contributed by atoms with Gasteiger partial charge in [-0.2, -0.15) is 13.2 Å². The van der Waals surface area contributed by atoms with Gasteiger partial charge in [0.15, 0.2) is 5.78 Å². The molecule has 0 atom stereocenters. The normalized spacial score (nSPS) is 15.1. The van der Waals surface area contributed by atoms with E-state index in [-0.39, 0.29) is 40.7 Å². The summed E-state index contributed by atoms with van der Waals surface area (Å²) in [4.78, 5) is 25.4. The van der Waals surface area contributed by atoms with Crippen molar-refractivity contribution in [2.24, 2.45) is 5.92 Å². The van der Waals surface area contributed by atoms with Gasteiger partial charge in [0.1, 0.15) is 0 Å². The van der Waals surface area contributed by atoms with Crippen LogP contribution in [-0.4, -0.2) is 17.2 Å². The summed E-state index contributed by atoms with van der Waals surface area (Å²) >= 11 is -0.203. The first kappa shape index (κ1) is 21.4. The molecule has 0 heterocycles. The van der Waals surface area contributed by atoms with Crippen molar-refractivity contribution in [3.63, 3.8) is 0 Å². The van der Waals surface area contributed by atoms with Crippen molar-refractivity contribution >= 4 is 29.1 Å². The highest BCUT2D eigenvalue weighted by Gasteiger charge is 2.29. The lowest BCUT2D eigenvalue weighted by Crippen LogP contribution is -2.25. The van der Waals surface area contributed by atoms with Crippen LogP contribution >= 0.6 is 11.8 Å². The first-order chi connectivity index (χ1) is 13.8. The molecule has 0 bridgehead atoms. The van der Waals surface area contributed by atoms with Gasteiger partial charge in [0.05, 0.1) is 5.69 Å². The molecule has 0 unspecified atom stereocenters. The summed E-state index contributed by atoms with van der Waals surface area (Å²) in [7, 11) is 0. The van der Waals surface area contributed by atoms with Crippen LogP contribution < -0.4 is 5.32 Å². The Labute approximate surface area is 172 Å². The molecule has 1 aliphatic carbocycles. The van der Waals surface area contributed by atoms with E-state index in [2.05, 4.69) is 5.32 Å². The molecule has 1 amide bonds. The van der Waals surface area contributed by atoms with Crippen molar-refractivity contribution in [1.29, 1.82) is 0 Å². The van der Waals surface area contributed by atoms with E-state index in [1.54, 1.807) is 30.3 Å². The number of thioether (sulfide) groups is 1. The number of hydrogen-bond donors (Lipinski definition) is 1. The highest BCUT2D eigenvalue weighted by Crippen LogP contribution is 2.37. The number of Topliss-reactive ketones (excluding diaryl/α,β-unsaturated/α-hetero) is 1. The van der Waals surface area contributed by atoms with Crippen LogP contribution in [0, 0.1) is 5.92 Å². The van der Waals surface area contributed by atoms with Crippen molar-refractivity contribution in [1.82, 2.24) is 0 Å². The number of benzene rings is 2. The van der Waals surface area contributed by atoms with E-state index < -0.39 is 5.51 Å². The Morgan fingerprint density at radius 1 is 1.00 bits per heavy atom. The molecule has 1 aliphatic rings. The zero-order chi connectivity index (χ0) is 20.9. The van der Waals surface area contributed by atoms with Gasteiger partial charge < -0.3 is 5.32 Å². The molecule has 7 heteroatoms. The summed E-state index contributed by atoms with van der Waals surface area (Å²) in [6.45, 7) is 0. The Kier molecular flexibility index (Phi) is 7.00. The second-order valence-electron chi connectivity index (χ2n) is 7.16. The molecule has 3 rings (SSSR count). The third-order valence-corrected chi connectivity index (χ3v) is 5.68. The fraction of sp³-hybridized carbons (Fsp3) is 0.364. The number of halogens is 3. The van der Waals surface area contributed by atoms with Crippen LogP contribution in [0.25, 0.3) is 0 Å². The summed E-state index contributed by atoms with van der Waals surface area (Å²) in [5.74, 6) is -0.366. The summed E-state index contributed by atoms with van der Waals surface area (Å²) < 4.78 is 37.8. The number of rotatable bonds is 6. The second-order valence-corrected chi connectivity index (χ2v) is 8.30. The highest BCUT2D eigenvalue weighted by molar-refractivity contribution is 8.00. The van der Waals surface area contributed by atoms with Gasteiger partial charge in [-0.1, -0.05) is 43.5 Å². The van der Waals surface area contributed by atoms with Gasteiger partial charge in [0.25, 0.3) is 0 Å². The predicted octanol–water partition coefficient (Wildman–Crippen LogP) is 6.24. The van der Waals surface area contributed by atoms with Gasteiger partial charge in [-0.3, -0.25) is 9.59 Å². The van der Waals surface area contributed by atoms with Gasteiger partial charge in [0.2, 0.25) is 5.91 Å².